The molecule has 2 heterocycles. The number of imidazole rings is 1. The zero-order valence-electron chi connectivity index (χ0n) is 14.1. The van der Waals surface area contributed by atoms with Crippen LogP contribution in [-0.2, 0) is 11.3 Å². The average Bonchev–Trinajstić information content (AvgIpc) is 3.19. The van der Waals surface area contributed by atoms with E-state index >= 15 is 0 Å². The predicted molar refractivity (Wildman–Crippen MR) is 95.1 cm³/mol. The lowest BCUT2D eigenvalue weighted by molar-refractivity contribution is 0.102. The molecule has 4 nitrogen and oxygen atoms in total. The highest BCUT2D eigenvalue weighted by molar-refractivity contribution is 6.31. The van der Waals surface area contributed by atoms with Gasteiger partial charge in [0.25, 0.3) is 0 Å². The van der Waals surface area contributed by atoms with E-state index in [4.69, 9.17) is 21.3 Å². The van der Waals surface area contributed by atoms with Gasteiger partial charge >= 0.3 is 0 Å². The summed E-state index contributed by atoms with van der Waals surface area (Å²) in [7, 11) is 0. The molecule has 0 radical (unpaired) electrons. The van der Waals surface area contributed by atoms with E-state index in [9.17, 15) is 0 Å². The smallest absolute Gasteiger partial charge is 0.139 e. The van der Waals surface area contributed by atoms with Crippen molar-refractivity contribution in [3.05, 3.63) is 29.0 Å². The van der Waals surface area contributed by atoms with Gasteiger partial charge in [0.1, 0.15) is 11.9 Å². The molecule has 1 fully saturated rings. The van der Waals surface area contributed by atoms with Gasteiger partial charge in [-0.3, -0.25) is 0 Å². The number of hydrogen-bond donors (Lipinski definition) is 0. The Morgan fingerprint density at radius 3 is 2.87 bits per heavy atom. The largest absolute Gasteiger partial charge is 0.370 e. The topological polar surface area (TPSA) is 30.3 Å². The Morgan fingerprint density at radius 2 is 2.17 bits per heavy atom. The number of benzene rings is 1. The fourth-order valence-electron chi connectivity index (χ4n) is 3.37. The van der Waals surface area contributed by atoms with E-state index in [0.29, 0.717) is 0 Å². The van der Waals surface area contributed by atoms with E-state index in [0.717, 1.165) is 73.9 Å². The number of aromatic nitrogens is 2. The van der Waals surface area contributed by atoms with Crippen molar-refractivity contribution in [3.8, 4) is 0 Å². The summed E-state index contributed by atoms with van der Waals surface area (Å²) in [6, 6.07) is 5.95. The summed E-state index contributed by atoms with van der Waals surface area (Å²) in [6.45, 7) is 9.55. The maximum Gasteiger partial charge on any atom is 0.139 e. The Labute approximate surface area is 143 Å². The number of halogens is 1. The summed E-state index contributed by atoms with van der Waals surface area (Å²) < 4.78 is 8.20. The third-order valence-electron chi connectivity index (χ3n) is 4.71. The highest BCUT2D eigenvalue weighted by Gasteiger charge is 2.24. The zero-order valence-corrected chi connectivity index (χ0v) is 14.9. The Kier molecular flexibility index (Phi) is 5.57. The molecule has 23 heavy (non-hydrogen) atoms. The molecule has 1 unspecified atom stereocenters. The summed E-state index contributed by atoms with van der Waals surface area (Å²) in [4.78, 5) is 7.30. The van der Waals surface area contributed by atoms with E-state index in [-0.39, 0.29) is 6.10 Å². The Hall–Kier alpha value is -1.10. The summed E-state index contributed by atoms with van der Waals surface area (Å²) >= 11 is 6.21. The quantitative estimate of drug-likeness (QED) is 0.756. The van der Waals surface area contributed by atoms with Crippen LogP contribution < -0.4 is 0 Å². The molecule has 1 aromatic carbocycles. The molecular formula is C18H26ClN3O. The van der Waals surface area contributed by atoms with Crippen molar-refractivity contribution < 1.29 is 4.74 Å². The van der Waals surface area contributed by atoms with Gasteiger partial charge in [-0.25, -0.2) is 4.98 Å². The molecule has 1 aliphatic heterocycles. The number of rotatable bonds is 7. The van der Waals surface area contributed by atoms with E-state index in [1.807, 2.05) is 18.2 Å². The molecule has 1 saturated heterocycles. The molecule has 0 spiro atoms. The molecule has 0 amide bonds. The first-order chi connectivity index (χ1) is 11.2. The maximum absolute atomic E-state index is 6.21. The van der Waals surface area contributed by atoms with Crippen LogP contribution >= 0.6 is 11.6 Å². The van der Waals surface area contributed by atoms with E-state index in [1.165, 1.54) is 0 Å². The Morgan fingerprint density at radius 1 is 1.35 bits per heavy atom. The van der Waals surface area contributed by atoms with Gasteiger partial charge in [-0.2, -0.15) is 0 Å². The van der Waals surface area contributed by atoms with Gasteiger partial charge in [-0.15, -0.1) is 0 Å². The molecule has 1 aromatic heterocycles. The van der Waals surface area contributed by atoms with Crippen LogP contribution in [0.15, 0.2) is 18.2 Å². The lowest BCUT2D eigenvalue weighted by atomic mass is 10.2. The first kappa shape index (κ1) is 16.7. The SMILES string of the molecule is CCN(CC)CCCn1c(C2CCCO2)nc2ccc(Cl)cc21. The first-order valence-corrected chi connectivity index (χ1v) is 9.10. The van der Waals surface area contributed by atoms with Crippen LogP contribution in [0.25, 0.3) is 11.0 Å². The lowest BCUT2D eigenvalue weighted by Crippen LogP contribution is -2.25. The molecule has 1 aliphatic rings. The van der Waals surface area contributed by atoms with Crippen molar-refractivity contribution >= 4 is 22.6 Å². The van der Waals surface area contributed by atoms with Gasteiger partial charge in [-0.1, -0.05) is 25.4 Å². The van der Waals surface area contributed by atoms with Crippen molar-refractivity contribution in [1.82, 2.24) is 14.5 Å². The number of nitrogens with zero attached hydrogens (tertiary/aromatic N) is 3. The van der Waals surface area contributed by atoms with Crippen molar-refractivity contribution in [2.24, 2.45) is 0 Å². The molecule has 0 bridgehead atoms. The molecule has 2 aromatic rings. The second kappa shape index (κ2) is 7.65. The number of aryl methyl sites for hydroxylation is 1. The maximum atomic E-state index is 6.21. The monoisotopic (exact) mass is 335 g/mol. The van der Waals surface area contributed by atoms with Crippen LogP contribution in [0.3, 0.4) is 0 Å². The second-order valence-corrected chi connectivity index (χ2v) is 6.57. The predicted octanol–water partition coefficient (Wildman–Crippen LogP) is 4.27. The van der Waals surface area contributed by atoms with Crippen molar-refractivity contribution in [2.75, 3.05) is 26.2 Å². The average molecular weight is 336 g/mol. The van der Waals surface area contributed by atoms with Crippen molar-refractivity contribution in [1.29, 1.82) is 0 Å². The van der Waals surface area contributed by atoms with E-state index in [2.05, 4.69) is 23.3 Å². The van der Waals surface area contributed by atoms with Gasteiger partial charge in [-0.05, 0) is 57.1 Å². The minimum Gasteiger partial charge on any atom is -0.370 e. The van der Waals surface area contributed by atoms with E-state index in [1.54, 1.807) is 0 Å². The van der Waals surface area contributed by atoms with Crippen molar-refractivity contribution in [2.45, 2.75) is 45.8 Å². The van der Waals surface area contributed by atoms with Crippen LogP contribution in [0, 0.1) is 0 Å². The van der Waals surface area contributed by atoms with Gasteiger partial charge in [0, 0.05) is 18.2 Å². The summed E-state index contributed by atoms with van der Waals surface area (Å²) in [5.41, 5.74) is 2.14. The third kappa shape index (κ3) is 3.70. The highest BCUT2D eigenvalue weighted by atomic mass is 35.5. The van der Waals surface area contributed by atoms with Gasteiger partial charge in [0.2, 0.25) is 0 Å². The number of fused-ring (bicyclic) bond motifs is 1. The number of ether oxygens (including phenoxy) is 1. The molecule has 1 atom stereocenters. The lowest BCUT2D eigenvalue weighted by Gasteiger charge is -2.19. The minimum absolute atomic E-state index is 0.134. The normalized spacial score (nSPS) is 18.3. The highest BCUT2D eigenvalue weighted by Crippen LogP contribution is 2.31. The fourth-order valence-corrected chi connectivity index (χ4v) is 3.54. The van der Waals surface area contributed by atoms with Gasteiger partial charge in [0.15, 0.2) is 0 Å². The summed E-state index contributed by atoms with van der Waals surface area (Å²) in [6.07, 6.45) is 3.43. The minimum atomic E-state index is 0.134. The first-order valence-electron chi connectivity index (χ1n) is 8.72. The molecule has 3 rings (SSSR count). The van der Waals surface area contributed by atoms with E-state index < -0.39 is 0 Å². The third-order valence-corrected chi connectivity index (χ3v) is 4.94. The number of hydrogen-bond acceptors (Lipinski definition) is 3. The Bertz CT molecular complexity index is 645. The molecular weight excluding hydrogens is 310 g/mol. The fraction of sp³-hybridized carbons (Fsp3) is 0.611. The van der Waals surface area contributed by atoms with Crippen LogP contribution in [0.5, 0.6) is 0 Å². The molecule has 5 heteroatoms. The van der Waals surface area contributed by atoms with Crippen molar-refractivity contribution in [3.63, 3.8) is 0 Å². The zero-order chi connectivity index (χ0) is 16.2. The molecule has 0 saturated carbocycles. The second-order valence-electron chi connectivity index (χ2n) is 6.14. The standard InChI is InChI=1S/C18H26ClN3O/c1-3-21(4-2)10-6-11-22-16-13-14(19)8-9-15(16)20-18(22)17-7-5-12-23-17/h8-9,13,17H,3-7,10-12H2,1-2H3. The molecule has 0 aliphatic carbocycles. The van der Waals surface area contributed by atoms with Gasteiger partial charge < -0.3 is 14.2 Å². The van der Waals surface area contributed by atoms with Crippen LogP contribution in [0.1, 0.15) is 45.0 Å². The molecule has 0 N–H and O–H groups in total. The van der Waals surface area contributed by atoms with Crippen LogP contribution in [-0.4, -0.2) is 40.7 Å². The van der Waals surface area contributed by atoms with Crippen LogP contribution in [0.2, 0.25) is 5.02 Å². The van der Waals surface area contributed by atoms with Crippen LogP contribution in [0.4, 0.5) is 0 Å². The molecule has 126 valence electrons. The Balaban J connectivity index is 1.85. The van der Waals surface area contributed by atoms with Gasteiger partial charge in [0.05, 0.1) is 11.0 Å². The summed E-state index contributed by atoms with van der Waals surface area (Å²) in [5, 5.41) is 0.765. The summed E-state index contributed by atoms with van der Waals surface area (Å²) in [5.74, 6) is 1.07.